The van der Waals surface area contributed by atoms with Gasteiger partial charge >= 0.3 is 7.82 Å². The number of aliphatic hydroxyl groups excluding tert-OH is 2. The average molecular weight is 439 g/mol. The number of phosphoric acid groups is 1. The first kappa shape index (κ1) is 20.8. The Morgan fingerprint density at radius 3 is 2.74 bits per heavy atom. The fourth-order valence-electron chi connectivity index (χ4n) is 2.69. The number of aryl methyl sites for hydroxylation is 1. The first-order chi connectivity index (χ1) is 12.6. The Balaban J connectivity index is 1.87. The highest BCUT2D eigenvalue weighted by Crippen LogP contribution is 2.45. The second-order valence-corrected chi connectivity index (χ2v) is 8.90. The number of aromatic nitrogens is 4. The number of fused-ring (bicyclic) bond motifs is 1. The monoisotopic (exact) mass is 439 g/mol. The lowest BCUT2D eigenvalue weighted by Crippen LogP contribution is -2.35. The lowest BCUT2D eigenvalue weighted by Gasteiger charge is -2.20. The molecule has 2 aromatic rings. The van der Waals surface area contributed by atoms with Crippen LogP contribution in [0, 0.1) is 6.92 Å². The van der Waals surface area contributed by atoms with Gasteiger partial charge in [0.15, 0.2) is 23.2 Å². The zero-order valence-electron chi connectivity index (χ0n) is 14.1. The number of imidazole rings is 1. The van der Waals surface area contributed by atoms with Crippen LogP contribution in [0.3, 0.4) is 0 Å². The SMILES string of the molecule is CNc1nc(C)nc2c1ncn2[C@@H]1O[C@H](C(S)SOP(=O)(O)O)[C@@H](O)[C@H]1O. The molecule has 5 atom stereocenters. The number of anilines is 1. The van der Waals surface area contributed by atoms with Crippen molar-refractivity contribution in [2.45, 2.75) is 36.0 Å². The van der Waals surface area contributed by atoms with Crippen LogP contribution in [0.2, 0.25) is 0 Å². The number of aliphatic hydroxyl groups is 2. The normalized spacial score (nSPS) is 27.2. The fraction of sp³-hybridized carbons (Fsp3) is 0.583. The zero-order chi connectivity index (χ0) is 19.9. The van der Waals surface area contributed by atoms with Crippen LogP contribution >= 0.6 is 32.5 Å². The topological polar surface area (TPSA) is 172 Å². The van der Waals surface area contributed by atoms with Crippen molar-refractivity contribution in [3.8, 4) is 0 Å². The standard InChI is InChI=1S/C12H18N5O7PS2/c1-4-15-9(13-2)5-10(16-4)17(3-14-5)11-7(19)6(18)8(23-11)12(26)27-24-25(20,21)22/h3,6-8,11-12,18-19,26H,1-2H3,(H,13,15,16)(H2,20,21,22)/t6-,7+,8-,11+,12?/m0/s1. The van der Waals surface area contributed by atoms with Crippen molar-refractivity contribution in [3.05, 3.63) is 12.2 Å². The Labute approximate surface area is 163 Å². The molecule has 1 aliphatic heterocycles. The molecule has 2 aromatic heterocycles. The smallest absolute Gasteiger partial charge is 0.387 e. The summed E-state index contributed by atoms with van der Waals surface area (Å²) in [4.78, 5) is 30.3. The molecule has 0 saturated carbocycles. The van der Waals surface area contributed by atoms with E-state index in [-0.39, 0.29) is 0 Å². The molecule has 0 aliphatic carbocycles. The molecule has 0 aromatic carbocycles. The summed E-state index contributed by atoms with van der Waals surface area (Å²) in [6.07, 6.45) is -3.45. The van der Waals surface area contributed by atoms with Gasteiger partial charge in [0.2, 0.25) is 0 Å². The Kier molecular flexibility index (Phi) is 6.01. The lowest BCUT2D eigenvalue weighted by molar-refractivity contribution is -0.0306. The summed E-state index contributed by atoms with van der Waals surface area (Å²) in [5, 5.41) is 23.6. The maximum atomic E-state index is 10.8. The van der Waals surface area contributed by atoms with E-state index >= 15 is 0 Å². The second kappa shape index (κ2) is 7.81. The van der Waals surface area contributed by atoms with Crippen LogP contribution in [-0.4, -0.2) is 69.5 Å². The number of nitrogens with one attached hydrogen (secondary N) is 1. The molecule has 3 rings (SSSR count). The highest BCUT2D eigenvalue weighted by atomic mass is 32.2. The van der Waals surface area contributed by atoms with Crippen molar-refractivity contribution in [2.75, 3.05) is 12.4 Å². The maximum absolute atomic E-state index is 10.8. The van der Waals surface area contributed by atoms with E-state index < -0.39 is 36.9 Å². The number of thiol groups is 1. The Morgan fingerprint density at radius 2 is 2.11 bits per heavy atom. The van der Waals surface area contributed by atoms with Crippen LogP contribution in [0.15, 0.2) is 6.33 Å². The molecule has 1 fully saturated rings. The van der Waals surface area contributed by atoms with E-state index in [0.29, 0.717) is 34.8 Å². The van der Waals surface area contributed by atoms with Crippen LogP contribution in [-0.2, 0) is 13.3 Å². The van der Waals surface area contributed by atoms with Gasteiger partial charge in [-0.15, -0.1) is 0 Å². The van der Waals surface area contributed by atoms with Crippen molar-refractivity contribution in [1.29, 1.82) is 0 Å². The number of hydrogen-bond acceptors (Lipinski definition) is 11. The van der Waals surface area contributed by atoms with Gasteiger partial charge in [0, 0.05) is 19.1 Å². The van der Waals surface area contributed by atoms with Gasteiger partial charge in [-0.2, -0.15) is 12.6 Å². The molecule has 0 radical (unpaired) electrons. The van der Waals surface area contributed by atoms with Crippen LogP contribution < -0.4 is 5.32 Å². The van der Waals surface area contributed by atoms with E-state index in [2.05, 4.69) is 36.9 Å². The van der Waals surface area contributed by atoms with E-state index in [1.807, 2.05) is 0 Å². The van der Waals surface area contributed by atoms with Crippen molar-refractivity contribution in [2.24, 2.45) is 0 Å². The van der Waals surface area contributed by atoms with E-state index in [1.54, 1.807) is 14.0 Å². The Hall–Kier alpha value is -0.960. The van der Waals surface area contributed by atoms with Gasteiger partial charge in [-0.05, 0) is 6.92 Å². The van der Waals surface area contributed by atoms with Gasteiger partial charge in [-0.1, -0.05) is 0 Å². The predicted octanol–water partition coefficient (Wildman–Crippen LogP) is -0.191. The van der Waals surface area contributed by atoms with Crippen LogP contribution in [0.5, 0.6) is 0 Å². The van der Waals surface area contributed by atoms with Crippen LogP contribution in [0.4, 0.5) is 5.82 Å². The summed E-state index contributed by atoms with van der Waals surface area (Å²) in [5.74, 6) is 0.967. The fourth-order valence-corrected chi connectivity index (χ4v) is 4.42. The van der Waals surface area contributed by atoms with Crippen LogP contribution in [0.1, 0.15) is 12.1 Å². The third-order valence-electron chi connectivity index (χ3n) is 3.84. The van der Waals surface area contributed by atoms with Crippen LogP contribution in [0.25, 0.3) is 11.2 Å². The van der Waals surface area contributed by atoms with Gasteiger partial charge in [-0.25, -0.2) is 23.5 Å². The highest BCUT2D eigenvalue weighted by molar-refractivity contribution is 8.09. The first-order valence-electron chi connectivity index (χ1n) is 7.61. The minimum Gasteiger partial charge on any atom is -0.387 e. The number of ether oxygens (including phenoxy) is 1. The highest BCUT2D eigenvalue weighted by Gasteiger charge is 2.47. The summed E-state index contributed by atoms with van der Waals surface area (Å²) in [6, 6.07) is 0. The second-order valence-electron chi connectivity index (χ2n) is 5.72. The van der Waals surface area contributed by atoms with Gasteiger partial charge in [0.25, 0.3) is 0 Å². The van der Waals surface area contributed by atoms with Gasteiger partial charge in [0.05, 0.1) is 6.33 Å². The van der Waals surface area contributed by atoms with Crippen molar-refractivity contribution >= 4 is 49.5 Å². The van der Waals surface area contributed by atoms with Gasteiger partial charge in [-0.3, -0.25) is 4.57 Å². The molecule has 27 heavy (non-hydrogen) atoms. The molecule has 15 heteroatoms. The predicted molar refractivity (Wildman–Crippen MR) is 99.0 cm³/mol. The third-order valence-corrected chi connectivity index (χ3v) is 5.98. The number of hydrogen-bond donors (Lipinski definition) is 6. The molecular formula is C12H18N5O7PS2. The van der Waals surface area contributed by atoms with Crippen molar-refractivity contribution in [1.82, 2.24) is 19.5 Å². The average Bonchev–Trinajstić information content (AvgIpc) is 3.13. The minimum absolute atomic E-state index is 0.342. The Morgan fingerprint density at radius 1 is 1.41 bits per heavy atom. The summed E-state index contributed by atoms with van der Waals surface area (Å²) >= 11 is 4.48. The molecule has 0 bridgehead atoms. The summed E-state index contributed by atoms with van der Waals surface area (Å²) < 4.78 is 21.3. The summed E-state index contributed by atoms with van der Waals surface area (Å²) in [7, 11) is -3.05. The molecule has 0 amide bonds. The summed E-state index contributed by atoms with van der Waals surface area (Å²) in [6.45, 7) is 1.70. The van der Waals surface area contributed by atoms with E-state index in [4.69, 9.17) is 14.5 Å². The molecule has 1 unspecified atom stereocenters. The van der Waals surface area contributed by atoms with Gasteiger partial charge in [0.1, 0.15) is 28.7 Å². The van der Waals surface area contributed by atoms with E-state index in [1.165, 1.54) is 10.9 Å². The molecular weight excluding hydrogens is 421 g/mol. The molecule has 1 aliphatic rings. The Bertz CT molecular complexity index is 879. The molecule has 0 spiro atoms. The molecule has 150 valence electrons. The minimum atomic E-state index is -4.73. The largest absolute Gasteiger partial charge is 0.480 e. The van der Waals surface area contributed by atoms with Crippen molar-refractivity contribution in [3.63, 3.8) is 0 Å². The quantitative estimate of drug-likeness (QED) is 0.152. The third kappa shape index (κ3) is 4.23. The van der Waals surface area contributed by atoms with E-state index in [0.717, 1.165) is 0 Å². The van der Waals surface area contributed by atoms with E-state index in [9.17, 15) is 14.8 Å². The lowest BCUT2D eigenvalue weighted by atomic mass is 10.1. The maximum Gasteiger partial charge on any atom is 0.480 e. The molecule has 12 nitrogen and oxygen atoms in total. The zero-order valence-corrected chi connectivity index (χ0v) is 16.7. The molecule has 1 saturated heterocycles. The van der Waals surface area contributed by atoms with Crippen molar-refractivity contribution < 1.29 is 33.3 Å². The molecule has 3 heterocycles. The first-order valence-corrected chi connectivity index (χ1v) is 10.5. The number of nitrogens with zero attached hydrogens (tertiary/aromatic N) is 4. The number of rotatable bonds is 6. The van der Waals surface area contributed by atoms with Gasteiger partial charge < -0.3 is 30.1 Å². The summed E-state index contributed by atoms with van der Waals surface area (Å²) in [5.41, 5.74) is 0.844. The molecule has 5 N–H and O–H groups in total.